The third-order valence-electron chi connectivity index (χ3n) is 4.63. The second-order valence-electron chi connectivity index (χ2n) is 6.18. The molecule has 0 aliphatic carbocycles. The molecule has 0 aromatic carbocycles. The number of nitrogens with zero attached hydrogens (tertiary/aromatic N) is 2. The molecule has 0 atom stereocenters. The van der Waals surface area contributed by atoms with Crippen LogP contribution in [0.1, 0.15) is 41.8 Å². The number of nitrogens with one attached hydrogen (secondary N) is 1. The van der Waals surface area contributed by atoms with E-state index in [0.717, 1.165) is 0 Å². The van der Waals surface area contributed by atoms with Crippen molar-refractivity contribution in [2.24, 2.45) is 0 Å². The average molecular weight is 375 g/mol. The van der Waals surface area contributed by atoms with Crippen LogP contribution in [-0.2, 0) is 4.74 Å². The molecule has 3 heterocycles. The summed E-state index contributed by atoms with van der Waals surface area (Å²) in [6, 6.07) is 3.66. The second-order valence-corrected chi connectivity index (χ2v) is 7.13. The molecule has 0 spiro atoms. The highest BCUT2D eigenvalue weighted by molar-refractivity contribution is 7.12. The monoisotopic (exact) mass is 375 g/mol. The van der Waals surface area contributed by atoms with Gasteiger partial charge in [-0.2, -0.15) is 0 Å². The van der Waals surface area contributed by atoms with Gasteiger partial charge in [-0.05, 0) is 30.9 Å². The summed E-state index contributed by atoms with van der Waals surface area (Å²) in [4.78, 5) is 44.3. The lowest BCUT2D eigenvalue weighted by Crippen LogP contribution is -2.50. The molecule has 3 rings (SSSR count). The largest absolute Gasteiger partial charge is 0.465 e. The van der Waals surface area contributed by atoms with Crippen molar-refractivity contribution in [1.82, 2.24) is 14.8 Å². The Bertz CT molecular complexity index is 833. The van der Waals surface area contributed by atoms with Gasteiger partial charge in [0, 0.05) is 31.9 Å². The Labute approximate surface area is 155 Å². The van der Waals surface area contributed by atoms with E-state index in [2.05, 4.69) is 4.98 Å². The van der Waals surface area contributed by atoms with Crippen molar-refractivity contribution in [1.29, 1.82) is 0 Å². The van der Waals surface area contributed by atoms with Crippen LogP contribution >= 0.6 is 11.3 Å². The average Bonchev–Trinajstić information content (AvgIpc) is 3.28. The zero-order valence-corrected chi connectivity index (χ0v) is 15.8. The number of aromatic amines is 1. The number of amides is 2. The number of hydrogen-bond acceptors (Lipinski definition) is 5. The lowest BCUT2D eigenvalue weighted by molar-refractivity contribution is 0.0534. The first kappa shape index (κ1) is 18.2. The molecule has 2 amide bonds. The highest BCUT2D eigenvalue weighted by atomic mass is 32.1. The molecule has 1 saturated heterocycles. The molecular formula is C18H21N3O4S. The van der Waals surface area contributed by atoms with E-state index >= 15 is 0 Å². The van der Waals surface area contributed by atoms with Gasteiger partial charge in [0.2, 0.25) is 0 Å². The summed E-state index contributed by atoms with van der Waals surface area (Å²) < 4.78 is 4.79. The van der Waals surface area contributed by atoms with Gasteiger partial charge in [-0.1, -0.05) is 6.07 Å². The van der Waals surface area contributed by atoms with Crippen LogP contribution in [0, 0.1) is 13.8 Å². The molecule has 1 aliphatic heterocycles. The molecule has 1 fully saturated rings. The van der Waals surface area contributed by atoms with E-state index < -0.39 is 5.97 Å². The highest BCUT2D eigenvalue weighted by Crippen LogP contribution is 2.21. The van der Waals surface area contributed by atoms with E-state index in [9.17, 15) is 14.4 Å². The molecule has 2 aromatic heterocycles. The number of H-pyrrole nitrogens is 1. The van der Waals surface area contributed by atoms with Crippen LogP contribution in [-0.4, -0.2) is 65.9 Å². The Morgan fingerprint density at radius 3 is 2.23 bits per heavy atom. The van der Waals surface area contributed by atoms with Crippen LogP contribution in [0.5, 0.6) is 0 Å². The first-order valence-corrected chi connectivity index (χ1v) is 9.21. The first-order valence-electron chi connectivity index (χ1n) is 8.33. The Hall–Kier alpha value is -2.61. The van der Waals surface area contributed by atoms with Crippen molar-refractivity contribution >= 4 is 29.1 Å². The standard InChI is InChI=1S/C18H21N3O4S/c1-11-14(18(24)25-3)12(2)19-15(11)17(23)21-8-6-20(7-9-21)16(22)13-5-4-10-26-13/h4-5,10,19H,6-9H2,1-3H3. The summed E-state index contributed by atoms with van der Waals surface area (Å²) in [5, 5.41) is 1.88. The summed E-state index contributed by atoms with van der Waals surface area (Å²) in [6.07, 6.45) is 0. The molecule has 8 heteroatoms. The zero-order valence-electron chi connectivity index (χ0n) is 15.0. The van der Waals surface area contributed by atoms with E-state index in [1.165, 1.54) is 18.4 Å². The predicted molar refractivity (Wildman–Crippen MR) is 97.7 cm³/mol. The smallest absolute Gasteiger partial charge is 0.339 e. The van der Waals surface area contributed by atoms with E-state index in [4.69, 9.17) is 4.74 Å². The zero-order chi connectivity index (χ0) is 18.8. The normalized spacial score (nSPS) is 14.4. The lowest BCUT2D eigenvalue weighted by atomic mass is 10.1. The maximum absolute atomic E-state index is 12.8. The number of hydrogen-bond donors (Lipinski definition) is 1. The van der Waals surface area contributed by atoms with Gasteiger partial charge in [0.05, 0.1) is 17.6 Å². The summed E-state index contributed by atoms with van der Waals surface area (Å²) in [6.45, 7) is 5.38. The van der Waals surface area contributed by atoms with Gasteiger partial charge >= 0.3 is 5.97 Å². The number of carbonyl (C=O) groups is 3. The van der Waals surface area contributed by atoms with Gasteiger partial charge in [-0.3, -0.25) is 9.59 Å². The minimum Gasteiger partial charge on any atom is -0.465 e. The number of ether oxygens (including phenoxy) is 1. The Morgan fingerprint density at radius 1 is 1.08 bits per heavy atom. The highest BCUT2D eigenvalue weighted by Gasteiger charge is 2.29. The van der Waals surface area contributed by atoms with Gasteiger partial charge < -0.3 is 19.5 Å². The maximum Gasteiger partial charge on any atom is 0.339 e. The van der Waals surface area contributed by atoms with Gasteiger partial charge in [-0.25, -0.2) is 4.79 Å². The van der Waals surface area contributed by atoms with Gasteiger partial charge in [-0.15, -0.1) is 11.3 Å². The van der Waals surface area contributed by atoms with Crippen LogP contribution in [0.4, 0.5) is 0 Å². The summed E-state index contributed by atoms with van der Waals surface area (Å²) in [7, 11) is 1.32. The van der Waals surface area contributed by atoms with Crippen molar-refractivity contribution in [2.75, 3.05) is 33.3 Å². The number of piperazine rings is 1. The number of rotatable bonds is 3. The fraction of sp³-hybridized carbons (Fsp3) is 0.389. The third kappa shape index (κ3) is 3.24. The summed E-state index contributed by atoms with van der Waals surface area (Å²) in [5.41, 5.74) is 2.02. The lowest BCUT2D eigenvalue weighted by Gasteiger charge is -2.34. The van der Waals surface area contributed by atoms with Crippen molar-refractivity contribution in [2.45, 2.75) is 13.8 Å². The van der Waals surface area contributed by atoms with E-state index in [-0.39, 0.29) is 11.8 Å². The quantitative estimate of drug-likeness (QED) is 0.833. The van der Waals surface area contributed by atoms with Gasteiger partial charge in [0.25, 0.3) is 11.8 Å². The summed E-state index contributed by atoms with van der Waals surface area (Å²) >= 11 is 1.42. The molecule has 2 aromatic rings. The van der Waals surface area contributed by atoms with Crippen LogP contribution in [0.3, 0.4) is 0 Å². The van der Waals surface area contributed by atoms with Gasteiger partial charge in [0.1, 0.15) is 5.69 Å². The van der Waals surface area contributed by atoms with E-state index in [0.29, 0.717) is 53.6 Å². The molecule has 7 nitrogen and oxygen atoms in total. The number of carbonyl (C=O) groups excluding carboxylic acids is 3. The molecular weight excluding hydrogens is 354 g/mol. The van der Waals surface area contributed by atoms with Crippen LogP contribution in [0.25, 0.3) is 0 Å². The fourth-order valence-electron chi connectivity index (χ4n) is 3.20. The topological polar surface area (TPSA) is 82.7 Å². The predicted octanol–water partition coefficient (Wildman–Crippen LogP) is 2.08. The molecule has 0 unspecified atom stereocenters. The molecule has 1 aliphatic rings. The molecule has 26 heavy (non-hydrogen) atoms. The van der Waals surface area contributed by atoms with Crippen molar-refractivity contribution < 1.29 is 19.1 Å². The maximum atomic E-state index is 12.8. The van der Waals surface area contributed by atoms with Crippen molar-refractivity contribution in [3.05, 3.63) is 44.9 Å². The summed E-state index contributed by atoms with van der Waals surface area (Å²) in [5.74, 6) is -0.613. The number of methoxy groups -OCH3 is 1. The minimum atomic E-state index is -0.457. The Morgan fingerprint density at radius 2 is 1.69 bits per heavy atom. The van der Waals surface area contributed by atoms with Crippen molar-refractivity contribution in [3.8, 4) is 0 Å². The molecule has 0 radical (unpaired) electrons. The van der Waals surface area contributed by atoms with E-state index in [1.54, 1.807) is 23.6 Å². The van der Waals surface area contributed by atoms with Gasteiger partial charge in [0.15, 0.2) is 0 Å². The van der Waals surface area contributed by atoms with Crippen molar-refractivity contribution in [3.63, 3.8) is 0 Å². The van der Waals surface area contributed by atoms with Crippen LogP contribution in [0.2, 0.25) is 0 Å². The number of aromatic nitrogens is 1. The number of aryl methyl sites for hydroxylation is 1. The molecule has 0 saturated carbocycles. The Balaban J connectivity index is 1.69. The first-order chi connectivity index (χ1) is 12.4. The fourth-order valence-corrected chi connectivity index (χ4v) is 3.89. The molecule has 138 valence electrons. The second kappa shape index (κ2) is 7.33. The SMILES string of the molecule is COC(=O)c1c(C)[nH]c(C(=O)N2CCN(C(=O)c3cccs3)CC2)c1C. The van der Waals surface area contributed by atoms with Crippen LogP contribution in [0.15, 0.2) is 17.5 Å². The van der Waals surface area contributed by atoms with E-state index in [1.807, 2.05) is 17.5 Å². The third-order valence-corrected chi connectivity index (χ3v) is 5.48. The minimum absolute atomic E-state index is 0.00646. The number of esters is 1. The van der Waals surface area contributed by atoms with Crippen LogP contribution < -0.4 is 0 Å². The molecule has 1 N–H and O–H groups in total. The molecule has 0 bridgehead atoms. The number of thiophene rings is 1. The Kier molecular flexibility index (Phi) is 5.13.